The van der Waals surface area contributed by atoms with Crippen LogP contribution in [0.1, 0.15) is 29.3 Å². The molecule has 0 aliphatic rings. The fourth-order valence-corrected chi connectivity index (χ4v) is 2.35. The Morgan fingerprint density at radius 1 is 1.26 bits per heavy atom. The molecule has 0 amide bonds. The minimum atomic E-state index is -0.285. The van der Waals surface area contributed by atoms with Crippen LogP contribution in [0.3, 0.4) is 0 Å². The minimum absolute atomic E-state index is 0.0452. The van der Waals surface area contributed by atoms with Gasteiger partial charge in [-0.2, -0.15) is 11.3 Å². The molecule has 19 heavy (non-hydrogen) atoms. The SMILES string of the molecule is CC(=O)c1cccc(OC(=O)CCc2ccsc2)c1. The summed E-state index contributed by atoms with van der Waals surface area (Å²) in [5.41, 5.74) is 1.68. The van der Waals surface area contributed by atoms with Crippen molar-refractivity contribution in [3.63, 3.8) is 0 Å². The number of carbonyl (C=O) groups excluding carboxylic acids is 2. The summed E-state index contributed by atoms with van der Waals surface area (Å²) in [6, 6.07) is 8.66. The number of carbonyl (C=O) groups is 2. The summed E-state index contributed by atoms with van der Waals surface area (Å²) in [4.78, 5) is 22.9. The van der Waals surface area contributed by atoms with E-state index in [1.165, 1.54) is 6.92 Å². The quantitative estimate of drug-likeness (QED) is 0.476. The lowest BCUT2D eigenvalue weighted by Crippen LogP contribution is -2.09. The second-order valence-electron chi connectivity index (χ2n) is 4.19. The van der Waals surface area contributed by atoms with Crippen molar-refractivity contribution < 1.29 is 14.3 Å². The van der Waals surface area contributed by atoms with Gasteiger partial charge in [0.05, 0.1) is 6.42 Å². The lowest BCUT2D eigenvalue weighted by molar-refractivity contribution is -0.134. The Morgan fingerprint density at radius 3 is 2.79 bits per heavy atom. The lowest BCUT2D eigenvalue weighted by atomic mass is 10.1. The van der Waals surface area contributed by atoms with Crippen molar-refractivity contribution in [1.82, 2.24) is 0 Å². The topological polar surface area (TPSA) is 43.4 Å². The van der Waals surface area contributed by atoms with E-state index in [1.54, 1.807) is 35.6 Å². The van der Waals surface area contributed by atoms with Crippen molar-refractivity contribution >= 4 is 23.1 Å². The number of thiophene rings is 1. The van der Waals surface area contributed by atoms with E-state index in [4.69, 9.17) is 4.74 Å². The lowest BCUT2D eigenvalue weighted by Gasteiger charge is -2.05. The van der Waals surface area contributed by atoms with Crippen molar-refractivity contribution in [1.29, 1.82) is 0 Å². The largest absolute Gasteiger partial charge is 0.426 e. The van der Waals surface area contributed by atoms with Crippen molar-refractivity contribution in [2.75, 3.05) is 0 Å². The van der Waals surface area contributed by atoms with E-state index in [-0.39, 0.29) is 11.8 Å². The molecule has 0 N–H and O–H groups in total. The van der Waals surface area contributed by atoms with Gasteiger partial charge in [-0.1, -0.05) is 12.1 Å². The van der Waals surface area contributed by atoms with Crippen molar-refractivity contribution in [3.05, 3.63) is 52.2 Å². The first-order valence-corrected chi connectivity index (χ1v) is 6.92. The van der Waals surface area contributed by atoms with Crippen LogP contribution in [0, 0.1) is 0 Å². The Morgan fingerprint density at radius 2 is 2.11 bits per heavy atom. The number of Topliss-reactive ketones (excluding diaryl/α,β-unsaturated/α-hetero) is 1. The molecule has 4 heteroatoms. The molecule has 2 rings (SSSR count). The average Bonchev–Trinajstić information content (AvgIpc) is 2.90. The maximum atomic E-state index is 11.7. The fourth-order valence-electron chi connectivity index (χ4n) is 1.64. The third kappa shape index (κ3) is 4.03. The Kier molecular flexibility index (Phi) is 4.47. The van der Waals surface area contributed by atoms with Gasteiger partial charge in [0.1, 0.15) is 5.75 Å². The average molecular weight is 274 g/mol. The van der Waals surface area contributed by atoms with Gasteiger partial charge in [-0.15, -0.1) is 0 Å². The van der Waals surface area contributed by atoms with Gasteiger partial charge in [0.15, 0.2) is 5.78 Å². The molecule has 0 radical (unpaired) electrons. The van der Waals surface area contributed by atoms with Gasteiger partial charge in [-0.25, -0.2) is 0 Å². The Bertz CT molecular complexity index is 573. The smallest absolute Gasteiger partial charge is 0.311 e. The van der Waals surface area contributed by atoms with E-state index in [2.05, 4.69) is 0 Å². The van der Waals surface area contributed by atoms with Crippen LogP contribution >= 0.6 is 11.3 Å². The van der Waals surface area contributed by atoms with E-state index in [1.807, 2.05) is 16.8 Å². The zero-order valence-electron chi connectivity index (χ0n) is 10.6. The highest BCUT2D eigenvalue weighted by molar-refractivity contribution is 7.07. The van der Waals surface area contributed by atoms with Gasteiger partial charge < -0.3 is 4.74 Å². The van der Waals surface area contributed by atoms with Gasteiger partial charge in [-0.05, 0) is 47.9 Å². The zero-order chi connectivity index (χ0) is 13.7. The maximum absolute atomic E-state index is 11.7. The van der Waals surface area contributed by atoms with Gasteiger partial charge >= 0.3 is 5.97 Å². The molecule has 0 aliphatic carbocycles. The number of ketones is 1. The molecule has 0 aliphatic heterocycles. The van der Waals surface area contributed by atoms with Crippen LogP contribution in [0.15, 0.2) is 41.1 Å². The van der Waals surface area contributed by atoms with E-state index >= 15 is 0 Å². The molecule has 98 valence electrons. The molecule has 3 nitrogen and oxygen atoms in total. The summed E-state index contributed by atoms with van der Waals surface area (Å²) in [6.07, 6.45) is 1.01. The predicted octanol–water partition coefficient (Wildman–Crippen LogP) is 3.49. The molecule has 1 aromatic carbocycles. The summed E-state index contributed by atoms with van der Waals surface area (Å²) in [5, 5.41) is 4.00. The number of hydrogen-bond acceptors (Lipinski definition) is 4. The van der Waals surface area contributed by atoms with E-state index in [0.717, 1.165) is 5.56 Å². The van der Waals surface area contributed by atoms with E-state index in [0.29, 0.717) is 24.2 Å². The van der Waals surface area contributed by atoms with Crippen LogP contribution in [0.5, 0.6) is 5.75 Å². The molecule has 1 heterocycles. The molecule has 0 fully saturated rings. The van der Waals surface area contributed by atoms with Crippen LogP contribution in [-0.4, -0.2) is 11.8 Å². The van der Waals surface area contributed by atoms with Gasteiger partial charge in [-0.3, -0.25) is 9.59 Å². The van der Waals surface area contributed by atoms with Crippen molar-refractivity contribution in [2.45, 2.75) is 19.8 Å². The number of esters is 1. The first-order chi connectivity index (χ1) is 9.15. The standard InChI is InChI=1S/C15H14O3S/c1-11(16)13-3-2-4-14(9-13)18-15(17)6-5-12-7-8-19-10-12/h2-4,7-10H,5-6H2,1H3. The predicted molar refractivity (Wildman–Crippen MR) is 74.7 cm³/mol. The minimum Gasteiger partial charge on any atom is -0.426 e. The summed E-state index contributed by atoms with van der Waals surface area (Å²) in [6.45, 7) is 1.48. The molecule has 0 saturated heterocycles. The van der Waals surface area contributed by atoms with E-state index in [9.17, 15) is 9.59 Å². The van der Waals surface area contributed by atoms with Crippen molar-refractivity contribution in [2.24, 2.45) is 0 Å². The van der Waals surface area contributed by atoms with Gasteiger partial charge in [0.2, 0.25) is 0 Å². The third-order valence-corrected chi connectivity index (χ3v) is 3.40. The maximum Gasteiger partial charge on any atom is 0.311 e. The summed E-state index contributed by atoms with van der Waals surface area (Å²) >= 11 is 1.61. The van der Waals surface area contributed by atoms with Crippen LogP contribution in [-0.2, 0) is 11.2 Å². The highest BCUT2D eigenvalue weighted by atomic mass is 32.1. The van der Waals surface area contributed by atoms with Gasteiger partial charge in [0.25, 0.3) is 0 Å². The van der Waals surface area contributed by atoms with Crippen LogP contribution < -0.4 is 4.74 Å². The summed E-state index contributed by atoms with van der Waals surface area (Å²) in [5.74, 6) is 0.0890. The monoisotopic (exact) mass is 274 g/mol. The highest BCUT2D eigenvalue weighted by Gasteiger charge is 2.07. The second kappa shape index (κ2) is 6.29. The molecule has 0 saturated carbocycles. The number of aryl methyl sites for hydroxylation is 1. The van der Waals surface area contributed by atoms with Crippen LogP contribution in [0.4, 0.5) is 0 Å². The number of benzene rings is 1. The second-order valence-corrected chi connectivity index (χ2v) is 4.97. The Balaban J connectivity index is 1.91. The first-order valence-electron chi connectivity index (χ1n) is 5.98. The summed E-state index contributed by atoms with van der Waals surface area (Å²) in [7, 11) is 0. The molecular weight excluding hydrogens is 260 g/mol. The third-order valence-electron chi connectivity index (χ3n) is 2.67. The van der Waals surface area contributed by atoms with Crippen molar-refractivity contribution in [3.8, 4) is 5.75 Å². The molecule has 0 atom stereocenters. The van der Waals surface area contributed by atoms with Gasteiger partial charge in [0, 0.05) is 5.56 Å². The van der Waals surface area contributed by atoms with Crippen LogP contribution in [0.25, 0.3) is 0 Å². The molecular formula is C15H14O3S. The molecule has 0 unspecified atom stereocenters. The molecule has 2 aromatic rings. The summed E-state index contributed by atoms with van der Waals surface area (Å²) < 4.78 is 5.22. The fraction of sp³-hybridized carbons (Fsp3) is 0.200. The Hall–Kier alpha value is -1.94. The highest BCUT2D eigenvalue weighted by Crippen LogP contribution is 2.15. The molecule has 0 bridgehead atoms. The van der Waals surface area contributed by atoms with Crippen LogP contribution in [0.2, 0.25) is 0 Å². The number of hydrogen-bond donors (Lipinski definition) is 0. The zero-order valence-corrected chi connectivity index (χ0v) is 11.4. The number of ether oxygens (including phenoxy) is 1. The first kappa shape index (κ1) is 13.5. The molecule has 1 aromatic heterocycles. The normalized spacial score (nSPS) is 10.2. The van der Waals surface area contributed by atoms with E-state index < -0.39 is 0 Å². The molecule has 0 spiro atoms. The number of rotatable bonds is 5. The Labute approximate surface area is 115 Å².